The molecule has 0 unspecified atom stereocenters. The number of oxazole rings is 1. The number of aromatic nitrogens is 1. The van der Waals surface area contributed by atoms with Crippen molar-refractivity contribution in [1.82, 2.24) is 10.3 Å². The van der Waals surface area contributed by atoms with Crippen LogP contribution in [0.1, 0.15) is 19.7 Å². The molecule has 1 heterocycles. The van der Waals surface area contributed by atoms with Gasteiger partial charge in [0.25, 0.3) is 0 Å². The predicted octanol–water partition coefficient (Wildman–Crippen LogP) is 2.10. The van der Waals surface area contributed by atoms with Gasteiger partial charge in [-0.15, -0.1) is 0 Å². The van der Waals surface area contributed by atoms with E-state index in [-0.39, 0.29) is 11.8 Å². The SMILES string of the molecule is CC(C)C(=O)NCc1nc2ccccc2o1. The van der Waals surface area contributed by atoms with Crippen molar-refractivity contribution in [2.75, 3.05) is 0 Å². The van der Waals surface area contributed by atoms with E-state index in [1.54, 1.807) is 0 Å². The summed E-state index contributed by atoms with van der Waals surface area (Å²) in [6.07, 6.45) is 0. The van der Waals surface area contributed by atoms with Gasteiger partial charge < -0.3 is 9.73 Å². The minimum atomic E-state index is -0.0237. The molecule has 0 saturated carbocycles. The number of hydrogen-bond acceptors (Lipinski definition) is 3. The summed E-state index contributed by atoms with van der Waals surface area (Å²) in [6.45, 7) is 4.04. The van der Waals surface area contributed by atoms with E-state index < -0.39 is 0 Å². The fourth-order valence-electron chi connectivity index (χ4n) is 1.36. The molecule has 16 heavy (non-hydrogen) atoms. The number of para-hydroxylation sites is 2. The van der Waals surface area contributed by atoms with E-state index in [0.29, 0.717) is 12.4 Å². The van der Waals surface area contributed by atoms with Crippen LogP contribution < -0.4 is 5.32 Å². The number of amides is 1. The van der Waals surface area contributed by atoms with Gasteiger partial charge in [0.1, 0.15) is 5.52 Å². The molecule has 4 nitrogen and oxygen atoms in total. The number of carbonyl (C=O) groups excluding carboxylic acids is 1. The van der Waals surface area contributed by atoms with Gasteiger partial charge in [-0.2, -0.15) is 0 Å². The zero-order chi connectivity index (χ0) is 11.5. The molecule has 1 amide bonds. The van der Waals surface area contributed by atoms with Crippen molar-refractivity contribution in [2.24, 2.45) is 5.92 Å². The topological polar surface area (TPSA) is 55.1 Å². The quantitative estimate of drug-likeness (QED) is 0.858. The number of fused-ring (bicyclic) bond motifs is 1. The van der Waals surface area contributed by atoms with Crippen LogP contribution in [0.2, 0.25) is 0 Å². The van der Waals surface area contributed by atoms with Crippen molar-refractivity contribution in [3.8, 4) is 0 Å². The van der Waals surface area contributed by atoms with E-state index in [9.17, 15) is 4.79 Å². The molecule has 84 valence electrons. The third-order valence-corrected chi connectivity index (χ3v) is 2.28. The summed E-state index contributed by atoms with van der Waals surface area (Å²) in [5.41, 5.74) is 1.56. The largest absolute Gasteiger partial charge is 0.439 e. The summed E-state index contributed by atoms with van der Waals surface area (Å²) in [6, 6.07) is 7.54. The molecule has 1 aromatic heterocycles. The molecule has 0 aliphatic carbocycles. The Bertz CT molecular complexity index is 469. The first-order chi connectivity index (χ1) is 7.66. The lowest BCUT2D eigenvalue weighted by atomic mass is 10.2. The molecule has 0 radical (unpaired) electrons. The van der Waals surface area contributed by atoms with Crippen molar-refractivity contribution >= 4 is 17.0 Å². The van der Waals surface area contributed by atoms with Gasteiger partial charge in [0.15, 0.2) is 5.58 Å². The predicted molar refractivity (Wildman–Crippen MR) is 60.7 cm³/mol. The van der Waals surface area contributed by atoms with E-state index in [4.69, 9.17) is 4.42 Å². The third-order valence-electron chi connectivity index (χ3n) is 2.28. The Morgan fingerprint density at radius 1 is 1.44 bits per heavy atom. The van der Waals surface area contributed by atoms with Crippen molar-refractivity contribution < 1.29 is 9.21 Å². The molecule has 0 spiro atoms. The minimum Gasteiger partial charge on any atom is -0.439 e. The van der Waals surface area contributed by atoms with E-state index in [0.717, 1.165) is 11.1 Å². The maximum Gasteiger partial charge on any atom is 0.222 e. The van der Waals surface area contributed by atoms with Crippen LogP contribution in [0.5, 0.6) is 0 Å². The molecular formula is C12H14N2O2. The van der Waals surface area contributed by atoms with Crippen LogP contribution in [0.15, 0.2) is 28.7 Å². The summed E-state index contributed by atoms with van der Waals surface area (Å²) in [7, 11) is 0. The average molecular weight is 218 g/mol. The number of hydrogen-bond donors (Lipinski definition) is 1. The Kier molecular flexibility index (Phi) is 2.90. The summed E-state index contributed by atoms with van der Waals surface area (Å²) in [5, 5.41) is 2.76. The maximum absolute atomic E-state index is 11.4. The lowest BCUT2D eigenvalue weighted by Crippen LogP contribution is -2.27. The minimum absolute atomic E-state index is 0.00209. The fraction of sp³-hybridized carbons (Fsp3) is 0.333. The Morgan fingerprint density at radius 3 is 2.88 bits per heavy atom. The molecule has 1 N–H and O–H groups in total. The molecular weight excluding hydrogens is 204 g/mol. The number of nitrogens with zero attached hydrogens (tertiary/aromatic N) is 1. The summed E-state index contributed by atoms with van der Waals surface area (Å²) >= 11 is 0. The molecule has 0 aliphatic rings. The fourth-order valence-corrected chi connectivity index (χ4v) is 1.36. The van der Waals surface area contributed by atoms with Gasteiger partial charge in [0.05, 0.1) is 6.54 Å². The van der Waals surface area contributed by atoms with Crippen LogP contribution in [0.25, 0.3) is 11.1 Å². The van der Waals surface area contributed by atoms with Crippen LogP contribution in [-0.2, 0) is 11.3 Å². The number of nitrogens with one attached hydrogen (secondary N) is 1. The lowest BCUT2D eigenvalue weighted by molar-refractivity contribution is -0.124. The van der Waals surface area contributed by atoms with Gasteiger partial charge in [-0.3, -0.25) is 4.79 Å². The highest BCUT2D eigenvalue weighted by atomic mass is 16.3. The van der Waals surface area contributed by atoms with Gasteiger partial charge in [-0.25, -0.2) is 4.98 Å². The van der Waals surface area contributed by atoms with Crippen LogP contribution >= 0.6 is 0 Å². The van der Waals surface area contributed by atoms with Crippen LogP contribution in [-0.4, -0.2) is 10.9 Å². The molecule has 0 fully saturated rings. The second-order valence-electron chi connectivity index (χ2n) is 3.95. The number of rotatable bonds is 3. The molecule has 0 aliphatic heterocycles. The highest BCUT2D eigenvalue weighted by Gasteiger charge is 2.09. The van der Waals surface area contributed by atoms with Crippen LogP contribution in [0, 0.1) is 5.92 Å². The Balaban J connectivity index is 2.07. The van der Waals surface area contributed by atoms with E-state index in [2.05, 4.69) is 10.3 Å². The van der Waals surface area contributed by atoms with E-state index in [1.807, 2.05) is 38.1 Å². The molecule has 1 aromatic carbocycles. The molecule has 0 saturated heterocycles. The highest BCUT2D eigenvalue weighted by molar-refractivity contribution is 5.78. The Morgan fingerprint density at radius 2 is 2.19 bits per heavy atom. The first-order valence-corrected chi connectivity index (χ1v) is 5.29. The van der Waals surface area contributed by atoms with Crippen molar-refractivity contribution in [2.45, 2.75) is 20.4 Å². The number of carbonyl (C=O) groups is 1. The second kappa shape index (κ2) is 4.35. The van der Waals surface area contributed by atoms with Crippen LogP contribution in [0.4, 0.5) is 0 Å². The summed E-state index contributed by atoms with van der Waals surface area (Å²) < 4.78 is 5.47. The zero-order valence-corrected chi connectivity index (χ0v) is 9.36. The molecule has 2 aromatic rings. The van der Waals surface area contributed by atoms with Gasteiger partial charge in [-0.1, -0.05) is 26.0 Å². The average Bonchev–Trinajstić information content (AvgIpc) is 2.68. The van der Waals surface area contributed by atoms with E-state index >= 15 is 0 Å². The Hall–Kier alpha value is -1.84. The highest BCUT2D eigenvalue weighted by Crippen LogP contribution is 2.14. The third kappa shape index (κ3) is 2.21. The molecule has 0 bridgehead atoms. The van der Waals surface area contributed by atoms with Crippen molar-refractivity contribution in [3.63, 3.8) is 0 Å². The molecule has 2 rings (SSSR count). The van der Waals surface area contributed by atoms with Gasteiger partial charge >= 0.3 is 0 Å². The van der Waals surface area contributed by atoms with Gasteiger partial charge in [-0.05, 0) is 12.1 Å². The normalized spacial score (nSPS) is 10.9. The number of benzene rings is 1. The van der Waals surface area contributed by atoms with Crippen LogP contribution in [0.3, 0.4) is 0 Å². The standard InChI is InChI=1S/C12H14N2O2/c1-8(2)12(15)13-7-11-14-9-5-3-4-6-10(9)16-11/h3-6,8H,7H2,1-2H3,(H,13,15). The van der Waals surface area contributed by atoms with Crippen molar-refractivity contribution in [3.05, 3.63) is 30.2 Å². The monoisotopic (exact) mass is 218 g/mol. The Labute approximate surface area is 93.7 Å². The summed E-state index contributed by atoms with van der Waals surface area (Å²) in [5.74, 6) is 0.516. The van der Waals surface area contributed by atoms with Crippen molar-refractivity contribution in [1.29, 1.82) is 0 Å². The summed E-state index contributed by atoms with van der Waals surface area (Å²) in [4.78, 5) is 15.6. The molecule has 0 atom stereocenters. The maximum atomic E-state index is 11.4. The first kappa shape index (κ1) is 10.7. The molecule has 4 heteroatoms. The lowest BCUT2D eigenvalue weighted by Gasteiger charge is -2.04. The van der Waals surface area contributed by atoms with E-state index in [1.165, 1.54) is 0 Å². The first-order valence-electron chi connectivity index (χ1n) is 5.29. The smallest absolute Gasteiger partial charge is 0.222 e. The van der Waals surface area contributed by atoms with Gasteiger partial charge in [0, 0.05) is 5.92 Å². The second-order valence-corrected chi connectivity index (χ2v) is 3.95. The zero-order valence-electron chi connectivity index (χ0n) is 9.36. The van der Waals surface area contributed by atoms with Gasteiger partial charge in [0.2, 0.25) is 11.8 Å².